The van der Waals surface area contributed by atoms with Crippen LogP contribution in [0.3, 0.4) is 0 Å². The van der Waals surface area contributed by atoms with E-state index in [1.807, 2.05) is 0 Å². The minimum atomic E-state index is -1.08. The van der Waals surface area contributed by atoms with Gasteiger partial charge in [0, 0.05) is 6.07 Å². The lowest BCUT2D eigenvalue weighted by Gasteiger charge is -2.18. The van der Waals surface area contributed by atoms with Gasteiger partial charge in [0.15, 0.2) is 0 Å². The summed E-state index contributed by atoms with van der Waals surface area (Å²) in [7, 11) is 0. The summed E-state index contributed by atoms with van der Waals surface area (Å²) in [6.07, 6.45) is 6.38. The van der Waals surface area contributed by atoms with Crippen molar-refractivity contribution < 1.29 is 19.0 Å². The van der Waals surface area contributed by atoms with E-state index in [1.54, 1.807) is 0 Å². The number of aromatic carboxylic acids is 1. The summed E-state index contributed by atoms with van der Waals surface area (Å²) in [6.45, 7) is 0. The Morgan fingerprint density at radius 3 is 2.50 bits per heavy atom. The van der Waals surface area contributed by atoms with Crippen LogP contribution >= 0.6 is 0 Å². The van der Waals surface area contributed by atoms with Gasteiger partial charge in [-0.15, -0.1) is 0 Å². The molecule has 0 heterocycles. The second-order valence-corrected chi connectivity index (χ2v) is 4.68. The first-order valence-electron chi connectivity index (χ1n) is 6.36. The summed E-state index contributed by atoms with van der Waals surface area (Å²) in [4.78, 5) is 11.0. The predicted octanol–water partition coefficient (Wildman–Crippen LogP) is 3.63. The third-order valence-electron chi connectivity index (χ3n) is 3.27. The molecule has 18 heavy (non-hydrogen) atoms. The summed E-state index contributed by atoms with van der Waals surface area (Å²) in [5.74, 6) is -1.41. The molecular formula is C14H17FO3. The van der Waals surface area contributed by atoms with E-state index < -0.39 is 11.8 Å². The highest BCUT2D eigenvalue weighted by atomic mass is 19.1. The first-order chi connectivity index (χ1) is 8.66. The Kier molecular flexibility index (Phi) is 4.18. The van der Waals surface area contributed by atoms with Crippen LogP contribution in [0.15, 0.2) is 18.2 Å². The summed E-state index contributed by atoms with van der Waals surface area (Å²) in [6, 6.07) is 3.56. The van der Waals surface area contributed by atoms with Gasteiger partial charge in [-0.05, 0) is 37.8 Å². The quantitative estimate of drug-likeness (QED) is 0.836. The lowest BCUT2D eigenvalue weighted by atomic mass is 10.1. The van der Waals surface area contributed by atoms with Crippen molar-refractivity contribution in [2.75, 3.05) is 0 Å². The second-order valence-electron chi connectivity index (χ2n) is 4.68. The van der Waals surface area contributed by atoms with Gasteiger partial charge in [0.1, 0.15) is 17.1 Å². The van der Waals surface area contributed by atoms with Gasteiger partial charge < -0.3 is 9.84 Å². The molecule has 3 nitrogen and oxygen atoms in total. The molecule has 0 spiro atoms. The smallest absolute Gasteiger partial charge is 0.339 e. The average Bonchev–Trinajstić information content (AvgIpc) is 2.57. The Morgan fingerprint density at radius 2 is 1.89 bits per heavy atom. The monoisotopic (exact) mass is 252 g/mol. The predicted molar refractivity (Wildman–Crippen MR) is 65.5 cm³/mol. The molecule has 1 aliphatic rings. The van der Waals surface area contributed by atoms with Crippen LogP contribution in [0.2, 0.25) is 0 Å². The third-order valence-corrected chi connectivity index (χ3v) is 3.27. The molecule has 0 aliphatic heterocycles. The molecule has 1 fully saturated rings. The van der Waals surface area contributed by atoms with Crippen LogP contribution in [0, 0.1) is 5.82 Å². The molecular weight excluding hydrogens is 235 g/mol. The largest absolute Gasteiger partial charge is 0.489 e. The van der Waals surface area contributed by atoms with Crippen LogP contribution in [0.4, 0.5) is 4.39 Å². The molecule has 0 aromatic heterocycles. The zero-order chi connectivity index (χ0) is 13.0. The highest BCUT2D eigenvalue weighted by Crippen LogP contribution is 2.26. The fourth-order valence-corrected chi connectivity index (χ4v) is 2.31. The molecule has 0 amide bonds. The van der Waals surface area contributed by atoms with E-state index in [-0.39, 0.29) is 17.4 Å². The molecule has 2 rings (SSSR count). The SMILES string of the molecule is O=C(O)c1ccc(F)cc1OC1CCCCCC1. The number of ether oxygens (including phenoxy) is 1. The Labute approximate surface area is 106 Å². The zero-order valence-electron chi connectivity index (χ0n) is 10.2. The maximum atomic E-state index is 13.2. The summed E-state index contributed by atoms with van der Waals surface area (Å²) < 4.78 is 18.9. The van der Waals surface area contributed by atoms with Crippen LogP contribution < -0.4 is 4.74 Å². The van der Waals surface area contributed by atoms with Gasteiger partial charge in [-0.2, -0.15) is 0 Å². The van der Waals surface area contributed by atoms with Gasteiger partial charge in [0.2, 0.25) is 0 Å². The van der Waals surface area contributed by atoms with E-state index >= 15 is 0 Å². The molecule has 0 bridgehead atoms. The van der Waals surface area contributed by atoms with Crippen LogP contribution in [0.1, 0.15) is 48.9 Å². The topological polar surface area (TPSA) is 46.5 Å². The molecule has 0 atom stereocenters. The molecule has 0 saturated heterocycles. The van der Waals surface area contributed by atoms with Crippen molar-refractivity contribution in [3.05, 3.63) is 29.6 Å². The molecule has 1 saturated carbocycles. The molecule has 4 heteroatoms. The molecule has 1 aromatic carbocycles. The lowest BCUT2D eigenvalue weighted by Crippen LogP contribution is -2.17. The van der Waals surface area contributed by atoms with Crippen molar-refractivity contribution in [1.29, 1.82) is 0 Å². The van der Waals surface area contributed by atoms with Crippen LogP contribution in [-0.4, -0.2) is 17.2 Å². The Bertz CT molecular complexity index is 423. The first-order valence-corrected chi connectivity index (χ1v) is 6.36. The number of carbonyl (C=O) groups is 1. The fraction of sp³-hybridized carbons (Fsp3) is 0.500. The Hall–Kier alpha value is -1.58. The minimum Gasteiger partial charge on any atom is -0.489 e. The number of benzene rings is 1. The number of hydrogen-bond donors (Lipinski definition) is 1. The first kappa shape index (κ1) is 12.9. The molecule has 1 aromatic rings. The highest BCUT2D eigenvalue weighted by Gasteiger charge is 2.18. The third kappa shape index (κ3) is 3.22. The van der Waals surface area contributed by atoms with Gasteiger partial charge in [-0.1, -0.05) is 12.8 Å². The summed E-state index contributed by atoms with van der Waals surface area (Å²) >= 11 is 0. The van der Waals surface area contributed by atoms with E-state index in [4.69, 9.17) is 9.84 Å². The van der Waals surface area contributed by atoms with E-state index in [0.29, 0.717) is 0 Å². The normalized spacial score (nSPS) is 17.2. The maximum Gasteiger partial charge on any atom is 0.339 e. The molecule has 1 aliphatic carbocycles. The number of rotatable bonds is 3. The van der Waals surface area contributed by atoms with Crippen molar-refractivity contribution in [2.24, 2.45) is 0 Å². The van der Waals surface area contributed by atoms with Gasteiger partial charge in [-0.25, -0.2) is 9.18 Å². The molecule has 0 radical (unpaired) electrons. The molecule has 98 valence electrons. The van der Waals surface area contributed by atoms with E-state index in [9.17, 15) is 9.18 Å². The van der Waals surface area contributed by atoms with Crippen LogP contribution in [0.5, 0.6) is 5.75 Å². The lowest BCUT2D eigenvalue weighted by molar-refractivity contribution is 0.0688. The van der Waals surface area contributed by atoms with Crippen molar-refractivity contribution in [2.45, 2.75) is 44.6 Å². The fourth-order valence-electron chi connectivity index (χ4n) is 2.31. The number of halogens is 1. The van der Waals surface area contributed by atoms with Gasteiger partial charge in [-0.3, -0.25) is 0 Å². The minimum absolute atomic E-state index is 0.00685. The van der Waals surface area contributed by atoms with Crippen LogP contribution in [0.25, 0.3) is 0 Å². The molecule has 1 N–H and O–H groups in total. The number of carboxylic acid groups (broad SMARTS) is 1. The maximum absolute atomic E-state index is 13.2. The average molecular weight is 252 g/mol. The van der Waals surface area contributed by atoms with Crippen molar-refractivity contribution in [3.8, 4) is 5.75 Å². The highest BCUT2D eigenvalue weighted by molar-refractivity contribution is 5.90. The standard InChI is InChI=1S/C14H17FO3/c15-10-7-8-12(14(16)17)13(9-10)18-11-5-3-1-2-4-6-11/h7-9,11H,1-6H2,(H,16,17). The van der Waals surface area contributed by atoms with Crippen molar-refractivity contribution >= 4 is 5.97 Å². The van der Waals surface area contributed by atoms with Gasteiger partial charge in [0.05, 0.1) is 6.10 Å². The Balaban J connectivity index is 2.15. The van der Waals surface area contributed by atoms with Crippen molar-refractivity contribution in [3.63, 3.8) is 0 Å². The molecule has 0 unspecified atom stereocenters. The van der Waals surface area contributed by atoms with E-state index in [0.717, 1.165) is 37.8 Å². The van der Waals surface area contributed by atoms with Crippen molar-refractivity contribution in [1.82, 2.24) is 0 Å². The van der Waals surface area contributed by atoms with E-state index in [1.165, 1.54) is 18.9 Å². The summed E-state index contributed by atoms with van der Waals surface area (Å²) in [5, 5.41) is 9.04. The number of hydrogen-bond acceptors (Lipinski definition) is 2. The second kappa shape index (κ2) is 5.85. The Morgan fingerprint density at radius 1 is 1.22 bits per heavy atom. The van der Waals surface area contributed by atoms with Crippen LogP contribution in [-0.2, 0) is 0 Å². The van der Waals surface area contributed by atoms with Gasteiger partial charge >= 0.3 is 5.97 Å². The zero-order valence-corrected chi connectivity index (χ0v) is 10.2. The summed E-state index contributed by atoms with van der Waals surface area (Å²) in [5.41, 5.74) is 0.0284. The number of carboxylic acids is 1. The van der Waals surface area contributed by atoms with E-state index in [2.05, 4.69) is 0 Å². The van der Waals surface area contributed by atoms with Gasteiger partial charge in [0.25, 0.3) is 0 Å².